The molecule has 0 aliphatic heterocycles. The van der Waals surface area contributed by atoms with Crippen LogP contribution < -0.4 is 11.1 Å². The Bertz CT molecular complexity index is 579. The van der Waals surface area contributed by atoms with E-state index in [1.54, 1.807) is 13.8 Å². The summed E-state index contributed by atoms with van der Waals surface area (Å²) in [6.45, 7) is 4.79. The van der Waals surface area contributed by atoms with Gasteiger partial charge in [0.25, 0.3) is 0 Å². The normalized spacial score (nSPS) is 13.5. The van der Waals surface area contributed by atoms with Crippen LogP contribution in [0.3, 0.4) is 0 Å². The second kappa shape index (κ2) is 9.32. The first kappa shape index (κ1) is 20.0. The molecule has 0 saturated heterocycles. The maximum Gasteiger partial charge on any atom is 0.328 e. The number of carbonyl (C=O) groups is 2. The predicted octanol–water partition coefficient (Wildman–Crippen LogP) is 2.24. The summed E-state index contributed by atoms with van der Waals surface area (Å²) in [5.41, 5.74) is 5.84. The Hall–Kier alpha value is -2.02. The van der Waals surface area contributed by atoms with Gasteiger partial charge in [0, 0.05) is 6.92 Å². The fourth-order valence-electron chi connectivity index (χ4n) is 2.41. The van der Waals surface area contributed by atoms with Crippen LogP contribution in [0.25, 0.3) is 0 Å². The number of hydrogen-bond donors (Lipinski definition) is 2. The maximum atomic E-state index is 13.9. The monoisotopic (exact) mass is 342 g/mol. The third kappa shape index (κ3) is 5.88. The van der Waals surface area contributed by atoms with Crippen molar-refractivity contribution in [2.45, 2.75) is 51.7 Å². The van der Waals surface area contributed by atoms with Crippen molar-refractivity contribution in [3.63, 3.8) is 0 Å². The fourth-order valence-corrected chi connectivity index (χ4v) is 2.41. The number of esters is 1. The van der Waals surface area contributed by atoms with E-state index >= 15 is 0 Å². The van der Waals surface area contributed by atoms with Crippen molar-refractivity contribution < 1.29 is 23.1 Å². The average Bonchev–Trinajstić information content (AvgIpc) is 2.49. The number of benzene rings is 1. The number of amides is 1. The van der Waals surface area contributed by atoms with Crippen LogP contribution in [0.5, 0.6) is 0 Å². The Morgan fingerprint density at radius 3 is 2.46 bits per heavy atom. The molecule has 5 nitrogen and oxygen atoms in total. The van der Waals surface area contributed by atoms with E-state index < -0.39 is 29.6 Å². The van der Waals surface area contributed by atoms with Gasteiger partial charge in [-0.3, -0.25) is 4.79 Å². The highest BCUT2D eigenvalue weighted by Gasteiger charge is 2.25. The number of hydrogen-bond acceptors (Lipinski definition) is 4. The molecule has 3 N–H and O–H groups in total. The van der Waals surface area contributed by atoms with Crippen molar-refractivity contribution in [1.29, 1.82) is 0 Å². The van der Waals surface area contributed by atoms with Crippen molar-refractivity contribution in [1.82, 2.24) is 5.32 Å². The van der Waals surface area contributed by atoms with Crippen LogP contribution in [-0.2, 0) is 14.3 Å². The van der Waals surface area contributed by atoms with E-state index in [-0.39, 0.29) is 30.5 Å². The third-order valence-corrected chi connectivity index (χ3v) is 3.52. The summed E-state index contributed by atoms with van der Waals surface area (Å²) in [6.07, 6.45) is 0.192. The van der Waals surface area contributed by atoms with E-state index in [1.807, 2.05) is 0 Å². The van der Waals surface area contributed by atoms with Gasteiger partial charge in [0.1, 0.15) is 6.04 Å². The summed E-state index contributed by atoms with van der Waals surface area (Å²) in [5, 5.41) is 2.52. The highest BCUT2D eigenvalue weighted by atomic mass is 19.2. The molecule has 1 amide bonds. The lowest BCUT2D eigenvalue weighted by Gasteiger charge is -2.21. The van der Waals surface area contributed by atoms with Crippen LogP contribution in [0.2, 0.25) is 0 Å². The molecular weight excluding hydrogens is 318 g/mol. The van der Waals surface area contributed by atoms with Gasteiger partial charge in [-0.15, -0.1) is 0 Å². The summed E-state index contributed by atoms with van der Waals surface area (Å²) < 4.78 is 32.4. The highest BCUT2D eigenvalue weighted by Crippen LogP contribution is 2.25. The quantitative estimate of drug-likeness (QED) is 0.710. The first-order valence-corrected chi connectivity index (χ1v) is 7.87. The van der Waals surface area contributed by atoms with E-state index in [0.717, 1.165) is 6.07 Å². The molecular formula is C17H24F2N2O3. The van der Waals surface area contributed by atoms with Crippen LogP contribution in [0.1, 0.15) is 45.1 Å². The molecule has 0 aliphatic rings. The van der Waals surface area contributed by atoms with Crippen molar-refractivity contribution in [3.8, 4) is 0 Å². The summed E-state index contributed by atoms with van der Waals surface area (Å²) in [4.78, 5) is 23.3. The average molecular weight is 342 g/mol. The van der Waals surface area contributed by atoms with Crippen LogP contribution in [-0.4, -0.2) is 30.6 Å². The lowest BCUT2D eigenvalue weighted by atomic mass is 9.92. The van der Waals surface area contributed by atoms with E-state index in [2.05, 4.69) is 5.32 Å². The first-order valence-electron chi connectivity index (χ1n) is 7.87. The summed E-state index contributed by atoms with van der Waals surface area (Å²) in [6, 6.07) is 3.06. The Balaban J connectivity index is 2.84. The molecule has 1 aromatic rings. The lowest BCUT2D eigenvalue weighted by molar-refractivity contribution is -0.151. The van der Waals surface area contributed by atoms with Crippen LogP contribution in [0.4, 0.5) is 8.78 Å². The molecule has 2 atom stereocenters. The summed E-state index contributed by atoms with van der Waals surface area (Å²) in [5.74, 6) is -3.28. The molecule has 0 heterocycles. The molecule has 24 heavy (non-hydrogen) atoms. The van der Waals surface area contributed by atoms with E-state index in [4.69, 9.17) is 10.5 Å². The molecule has 1 aromatic carbocycles. The predicted molar refractivity (Wildman–Crippen MR) is 86.2 cm³/mol. The van der Waals surface area contributed by atoms with Crippen LogP contribution >= 0.6 is 0 Å². The smallest absolute Gasteiger partial charge is 0.328 e. The number of halogens is 2. The maximum absolute atomic E-state index is 13.9. The van der Waals surface area contributed by atoms with Gasteiger partial charge in [-0.05, 0) is 50.8 Å². The van der Waals surface area contributed by atoms with Crippen LogP contribution in [0.15, 0.2) is 18.2 Å². The molecule has 0 fully saturated rings. The van der Waals surface area contributed by atoms with Gasteiger partial charge in [-0.2, -0.15) is 0 Å². The molecule has 1 rings (SSSR count). The Morgan fingerprint density at radius 1 is 1.25 bits per heavy atom. The summed E-state index contributed by atoms with van der Waals surface area (Å²) in [7, 11) is 0. The number of rotatable bonds is 8. The largest absolute Gasteiger partial charge is 0.461 e. The van der Waals surface area contributed by atoms with E-state index in [9.17, 15) is 18.4 Å². The lowest BCUT2D eigenvalue weighted by Crippen LogP contribution is -2.42. The molecule has 7 heteroatoms. The van der Waals surface area contributed by atoms with Gasteiger partial charge < -0.3 is 15.8 Å². The summed E-state index contributed by atoms with van der Waals surface area (Å²) >= 11 is 0. The molecule has 0 aromatic heterocycles. The van der Waals surface area contributed by atoms with Crippen molar-refractivity contribution in [3.05, 3.63) is 35.4 Å². The van der Waals surface area contributed by atoms with Crippen LogP contribution in [0, 0.1) is 11.6 Å². The van der Waals surface area contributed by atoms with Gasteiger partial charge in [0.2, 0.25) is 5.91 Å². The topological polar surface area (TPSA) is 81.4 Å². The Morgan fingerprint density at radius 2 is 1.92 bits per heavy atom. The van der Waals surface area contributed by atoms with E-state index in [1.165, 1.54) is 19.1 Å². The number of nitrogens with one attached hydrogen (secondary N) is 1. The van der Waals surface area contributed by atoms with Crippen molar-refractivity contribution >= 4 is 11.9 Å². The van der Waals surface area contributed by atoms with E-state index in [0.29, 0.717) is 6.42 Å². The molecule has 0 bridgehead atoms. The van der Waals surface area contributed by atoms with Gasteiger partial charge >= 0.3 is 5.97 Å². The molecule has 0 saturated carbocycles. The zero-order valence-corrected chi connectivity index (χ0v) is 14.1. The first-order chi connectivity index (χ1) is 11.3. The zero-order valence-electron chi connectivity index (χ0n) is 14.1. The molecule has 0 radical (unpaired) electrons. The second-order valence-electron chi connectivity index (χ2n) is 5.89. The SMILES string of the molecule is CC(=O)NC(CC[C@H](CN)c1cccc(F)c1F)C(=O)OC(C)C. The molecule has 0 aliphatic carbocycles. The zero-order chi connectivity index (χ0) is 18.3. The second-order valence-corrected chi connectivity index (χ2v) is 5.89. The van der Waals surface area contributed by atoms with Gasteiger partial charge in [-0.1, -0.05) is 12.1 Å². The van der Waals surface area contributed by atoms with Gasteiger partial charge in [0.05, 0.1) is 6.10 Å². The number of ether oxygens (including phenoxy) is 1. The van der Waals surface area contributed by atoms with Crippen molar-refractivity contribution in [2.75, 3.05) is 6.54 Å². The highest BCUT2D eigenvalue weighted by molar-refractivity contribution is 5.83. The molecule has 0 spiro atoms. The molecule has 1 unspecified atom stereocenters. The van der Waals surface area contributed by atoms with Crippen molar-refractivity contribution in [2.24, 2.45) is 5.73 Å². The Kier molecular flexibility index (Phi) is 7.78. The third-order valence-electron chi connectivity index (χ3n) is 3.52. The minimum absolute atomic E-state index is 0.0897. The van der Waals surface area contributed by atoms with Gasteiger partial charge in [0.15, 0.2) is 11.6 Å². The minimum atomic E-state index is -0.941. The Labute approximate surface area is 140 Å². The molecule has 134 valence electrons. The standard InChI is InChI=1S/C17H24F2N2O3/c1-10(2)24-17(23)15(21-11(3)22)8-7-12(9-20)13-5-4-6-14(18)16(13)19/h4-6,10,12,15H,7-9,20H2,1-3H3,(H,21,22)/t12-,15?/m1/s1. The number of nitrogens with two attached hydrogens (primary N) is 1. The number of carbonyl (C=O) groups excluding carboxylic acids is 2. The minimum Gasteiger partial charge on any atom is -0.461 e. The van der Waals surface area contributed by atoms with Gasteiger partial charge in [-0.25, -0.2) is 13.6 Å². The fraction of sp³-hybridized carbons (Fsp3) is 0.529.